The smallest absolute Gasteiger partial charge is 0.339 e. The lowest BCUT2D eigenvalue weighted by molar-refractivity contribution is 0.0521. The van der Waals surface area contributed by atoms with Crippen LogP contribution in [0, 0.1) is 6.92 Å². The summed E-state index contributed by atoms with van der Waals surface area (Å²) in [6.45, 7) is 6.88. The van der Waals surface area contributed by atoms with Crippen molar-refractivity contribution in [2.24, 2.45) is 0 Å². The van der Waals surface area contributed by atoms with Gasteiger partial charge in [-0.1, -0.05) is 11.6 Å². The van der Waals surface area contributed by atoms with Crippen LogP contribution in [0.1, 0.15) is 36.7 Å². The first-order chi connectivity index (χ1) is 8.30. The topological polar surface area (TPSA) is 60.4 Å². The summed E-state index contributed by atoms with van der Waals surface area (Å²) in [5.41, 5.74) is 0.936. The molecular weight excluding hydrogens is 252 g/mol. The number of aryl methyl sites for hydroxylation is 1. The molecule has 0 aliphatic carbocycles. The highest BCUT2D eigenvalue weighted by atomic mass is 32.2. The predicted octanol–water partition coefficient (Wildman–Crippen LogP) is 2.35. The molecule has 0 saturated carbocycles. The van der Waals surface area contributed by atoms with Crippen molar-refractivity contribution < 1.29 is 17.9 Å². The molecule has 0 spiro atoms. The number of hydrogen-bond acceptors (Lipinski definition) is 4. The SMILES string of the molecule is CCOC(=O)c1cc(C)ccc1S(=O)(=O)C(C)C. The highest BCUT2D eigenvalue weighted by Crippen LogP contribution is 2.22. The first-order valence-corrected chi connectivity index (χ1v) is 7.37. The van der Waals surface area contributed by atoms with Crippen molar-refractivity contribution in [3.8, 4) is 0 Å². The summed E-state index contributed by atoms with van der Waals surface area (Å²) >= 11 is 0. The van der Waals surface area contributed by atoms with Crippen LogP contribution in [0.15, 0.2) is 23.1 Å². The average molecular weight is 270 g/mol. The normalized spacial score (nSPS) is 11.6. The number of hydrogen-bond donors (Lipinski definition) is 0. The molecule has 100 valence electrons. The summed E-state index contributed by atoms with van der Waals surface area (Å²) < 4.78 is 29.2. The summed E-state index contributed by atoms with van der Waals surface area (Å²) in [7, 11) is -3.49. The van der Waals surface area contributed by atoms with Gasteiger partial charge in [0.1, 0.15) is 0 Å². The van der Waals surface area contributed by atoms with Crippen LogP contribution >= 0.6 is 0 Å². The quantitative estimate of drug-likeness (QED) is 0.788. The molecule has 0 aliphatic heterocycles. The average Bonchev–Trinajstić information content (AvgIpc) is 2.28. The molecule has 1 aromatic rings. The maximum Gasteiger partial charge on any atom is 0.339 e. The van der Waals surface area contributed by atoms with E-state index < -0.39 is 21.1 Å². The fraction of sp³-hybridized carbons (Fsp3) is 0.462. The molecule has 0 amide bonds. The Hall–Kier alpha value is -1.36. The summed E-state index contributed by atoms with van der Waals surface area (Å²) in [6.07, 6.45) is 0. The van der Waals surface area contributed by atoms with Crippen molar-refractivity contribution in [2.75, 3.05) is 6.61 Å². The van der Waals surface area contributed by atoms with E-state index in [1.54, 1.807) is 39.8 Å². The van der Waals surface area contributed by atoms with Crippen molar-refractivity contribution in [1.29, 1.82) is 0 Å². The summed E-state index contributed by atoms with van der Waals surface area (Å²) in [5.74, 6) is -0.597. The second-order valence-electron chi connectivity index (χ2n) is 4.31. The minimum atomic E-state index is -3.49. The van der Waals surface area contributed by atoms with Crippen LogP contribution in [0.4, 0.5) is 0 Å². The molecular formula is C13H18O4S. The van der Waals surface area contributed by atoms with Crippen molar-refractivity contribution >= 4 is 15.8 Å². The predicted molar refractivity (Wildman–Crippen MR) is 69.5 cm³/mol. The standard InChI is InChI=1S/C13H18O4S/c1-5-17-13(14)11-8-10(4)6-7-12(11)18(15,16)9(2)3/h6-9H,5H2,1-4H3. The molecule has 0 aliphatic rings. The zero-order valence-electron chi connectivity index (χ0n) is 11.1. The highest BCUT2D eigenvalue weighted by molar-refractivity contribution is 7.92. The van der Waals surface area contributed by atoms with Crippen LogP contribution in [-0.2, 0) is 14.6 Å². The number of carbonyl (C=O) groups is 1. The molecule has 0 N–H and O–H groups in total. The van der Waals surface area contributed by atoms with Gasteiger partial charge >= 0.3 is 5.97 Å². The first-order valence-electron chi connectivity index (χ1n) is 5.82. The van der Waals surface area contributed by atoms with Gasteiger partial charge in [0.15, 0.2) is 9.84 Å². The van der Waals surface area contributed by atoms with E-state index in [0.717, 1.165) is 5.56 Å². The third kappa shape index (κ3) is 2.90. The second-order valence-corrected chi connectivity index (χ2v) is 6.79. The Morgan fingerprint density at radius 1 is 1.33 bits per heavy atom. The molecule has 0 fully saturated rings. The Labute approximate surface area is 108 Å². The van der Waals surface area contributed by atoms with E-state index in [0.29, 0.717) is 0 Å². The molecule has 1 rings (SSSR count). The summed E-state index contributed by atoms with van der Waals surface area (Å²) in [5, 5.41) is -0.576. The van der Waals surface area contributed by atoms with Crippen LogP contribution in [0.5, 0.6) is 0 Å². The molecule has 0 atom stereocenters. The number of rotatable bonds is 4. The Balaban J connectivity index is 3.42. The Morgan fingerprint density at radius 2 is 1.94 bits per heavy atom. The number of ether oxygens (including phenoxy) is 1. The molecule has 0 saturated heterocycles. The van der Waals surface area contributed by atoms with E-state index in [2.05, 4.69) is 0 Å². The van der Waals surface area contributed by atoms with Gasteiger partial charge in [-0.2, -0.15) is 0 Å². The zero-order chi connectivity index (χ0) is 13.9. The van der Waals surface area contributed by atoms with Gasteiger partial charge in [-0.05, 0) is 39.8 Å². The van der Waals surface area contributed by atoms with Gasteiger partial charge < -0.3 is 4.74 Å². The molecule has 0 unspecified atom stereocenters. The highest BCUT2D eigenvalue weighted by Gasteiger charge is 2.26. The Morgan fingerprint density at radius 3 is 2.44 bits per heavy atom. The van der Waals surface area contributed by atoms with Crippen LogP contribution in [0.3, 0.4) is 0 Å². The van der Waals surface area contributed by atoms with Crippen molar-refractivity contribution in [2.45, 2.75) is 37.8 Å². The third-order valence-electron chi connectivity index (χ3n) is 2.56. The van der Waals surface area contributed by atoms with E-state index in [-0.39, 0.29) is 17.1 Å². The van der Waals surface area contributed by atoms with Crippen molar-refractivity contribution in [3.63, 3.8) is 0 Å². The molecule has 1 aromatic carbocycles. The van der Waals surface area contributed by atoms with Gasteiger partial charge in [0.05, 0.1) is 22.3 Å². The maximum absolute atomic E-state index is 12.2. The van der Waals surface area contributed by atoms with Crippen LogP contribution in [-0.4, -0.2) is 26.2 Å². The van der Waals surface area contributed by atoms with E-state index in [1.807, 2.05) is 0 Å². The van der Waals surface area contributed by atoms with E-state index in [9.17, 15) is 13.2 Å². The fourth-order valence-corrected chi connectivity index (χ4v) is 2.73. The minimum absolute atomic E-state index is 0.0431. The van der Waals surface area contributed by atoms with Gasteiger partial charge in [-0.3, -0.25) is 0 Å². The molecule has 4 nitrogen and oxygen atoms in total. The van der Waals surface area contributed by atoms with Crippen LogP contribution in [0.2, 0.25) is 0 Å². The van der Waals surface area contributed by atoms with Gasteiger partial charge in [0.25, 0.3) is 0 Å². The Bertz CT molecular complexity index is 544. The first kappa shape index (κ1) is 14.7. The monoisotopic (exact) mass is 270 g/mol. The van der Waals surface area contributed by atoms with Gasteiger partial charge in [-0.15, -0.1) is 0 Å². The Kier molecular flexibility index (Phi) is 4.51. The van der Waals surface area contributed by atoms with Gasteiger partial charge in [-0.25, -0.2) is 13.2 Å². The van der Waals surface area contributed by atoms with Crippen LogP contribution < -0.4 is 0 Å². The molecule has 0 aromatic heterocycles. The minimum Gasteiger partial charge on any atom is -0.462 e. The molecule has 5 heteroatoms. The lowest BCUT2D eigenvalue weighted by Gasteiger charge is -2.12. The maximum atomic E-state index is 12.2. The van der Waals surface area contributed by atoms with E-state index in [4.69, 9.17) is 4.74 Å². The summed E-state index contributed by atoms with van der Waals surface area (Å²) in [6, 6.07) is 4.70. The lowest BCUT2D eigenvalue weighted by atomic mass is 10.1. The molecule has 0 bridgehead atoms. The van der Waals surface area contributed by atoms with Crippen LogP contribution in [0.25, 0.3) is 0 Å². The van der Waals surface area contributed by atoms with E-state index in [1.165, 1.54) is 6.07 Å². The fourth-order valence-electron chi connectivity index (χ4n) is 1.51. The van der Waals surface area contributed by atoms with E-state index >= 15 is 0 Å². The molecule has 0 heterocycles. The third-order valence-corrected chi connectivity index (χ3v) is 4.77. The van der Waals surface area contributed by atoms with Crippen molar-refractivity contribution in [3.05, 3.63) is 29.3 Å². The zero-order valence-corrected chi connectivity index (χ0v) is 11.9. The van der Waals surface area contributed by atoms with Crippen molar-refractivity contribution in [1.82, 2.24) is 0 Å². The largest absolute Gasteiger partial charge is 0.462 e. The summed E-state index contributed by atoms with van der Waals surface area (Å²) in [4.78, 5) is 11.8. The van der Waals surface area contributed by atoms with Gasteiger partial charge in [0, 0.05) is 0 Å². The number of carbonyl (C=O) groups excluding carboxylic acids is 1. The molecule has 18 heavy (non-hydrogen) atoms. The number of esters is 1. The second kappa shape index (κ2) is 5.52. The molecule has 0 radical (unpaired) electrons. The van der Waals surface area contributed by atoms with Gasteiger partial charge in [0.2, 0.25) is 0 Å². The number of benzene rings is 1. The number of sulfone groups is 1. The lowest BCUT2D eigenvalue weighted by Crippen LogP contribution is -2.19.